The lowest BCUT2D eigenvalue weighted by molar-refractivity contribution is -0.123. The number of amides is 2. The van der Waals surface area contributed by atoms with Gasteiger partial charge in [-0.2, -0.15) is 0 Å². The highest BCUT2D eigenvalue weighted by atomic mass is 16.2. The average Bonchev–Trinajstić information content (AvgIpc) is 2.86. The predicted molar refractivity (Wildman–Crippen MR) is 67.2 cm³/mol. The Morgan fingerprint density at radius 1 is 1.28 bits per heavy atom. The minimum absolute atomic E-state index is 0.0992. The van der Waals surface area contributed by atoms with Crippen LogP contribution in [0.2, 0.25) is 0 Å². The fourth-order valence-corrected chi connectivity index (χ4v) is 2.25. The monoisotopic (exact) mass is 243 g/mol. The van der Waals surface area contributed by atoms with Gasteiger partial charge in [-0.1, -0.05) is 12.1 Å². The first-order chi connectivity index (χ1) is 8.75. The highest BCUT2D eigenvalue weighted by Crippen LogP contribution is 2.18. The van der Waals surface area contributed by atoms with Gasteiger partial charge in [0.25, 0.3) is 5.91 Å². The number of carbonyl (C=O) groups is 2. The summed E-state index contributed by atoms with van der Waals surface area (Å²) >= 11 is 0. The quantitative estimate of drug-likeness (QED) is 0.776. The van der Waals surface area contributed by atoms with E-state index in [1.807, 2.05) is 24.4 Å². The first-order valence-electron chi connectivity index (χ1n) is 5.88. The lowest BCUT2D eigenvalue weighted by atomic mass is 10.1. The van der Waals surface area contributed by atoms with E-state index in [4.69, 9.17) is 0 Å². The second-order valence-corrected chi connectivity index (χ2v) is 4.32. The van der Waals surface area contributed by atoms with E-state index >= 15 is 0 Å². The zero-order valence-electron chi connectivity index (χ0n) is 9.77. The smallest absolute Gasteiger partial charge is 0.256 e. The van der Waals surface area contributed by atoms with Crippen LogP contribution < -0.4 is 5.32 Å². The van der Waals surface area contributed by atoms with Crippen LogP contribution in [0.5, 0.6) is 0 Å². The van der Waals surface area contributed by atoms with E-state index in [2.05, 4.69) is 10.3 Å². The van der Waals surface area contributed by atoms with Gasteiger partial charge in [0, 0.05) is 24.7 Å². The zero-order valence-corrected chi connectivity index (χ0v) is 9.77. The topological polar surface area (TPSA) is 65.2 Å². The fraction of sp³-hybridized carbons (Fsp3) is 0.231. The fourth-order valence-electron chi connectivity index (χ4n) is 2.25. The van der Waals surface area contributed by atoms with Crippen molar-refractivity contribution in [3.63, 3.8) is 0 Å². The van der Waals surface area contributed by atoms with Crippen LogP contribution in [0.1, 0.15) is 10.4 Å². The Morgan fingerprint density at radius 2 is 2.17 bits per heavy atom. The molecule has 0 atom stereocenters. The van der Waals surface area contributed by atoms with E-state index in [1.54, 1.807) is 11.0 Å². The van der Waals surface area contributed by atoms with Crippen molar-refractivity contribution in [2.24, 2.45) is 0 Å². The van der Waals surface area contributed by atoms with Crippen molar-refractivity contribution in [1.82, 2.24) is 15.2 Å². The van der Waals surface area contributed by atoms with Crippen molar-refractivity contribution in [2.75, 3.05) is 19.6 Å². The molecule has 1 aromatic heterocycles. The number of benzene rings is 1. The molecule has 2 amide bonds. The van der Waals surface area contributed by atoms with Crippen molar-refractivity contribution in [3.05, 3.63) is 36.0 Å². The molecular weight excluding hydrogens is 230 g/mol. The van der Waals surface area contributed by atoms with Gasteiger partial charge in [-0.05, 0) is 12.1 Å². The predicted octanol–water partition coefficient (Wildman–Crippen LogP) is 0.740. The van der Waals surface area contributed by atoms with Gasteiger partial charge in [-0.25, -0.2) is 0 Å². The molecule has 1 aliphatic heterocycles. The van der Waals surface area contributed by atoms with E-state index in [1.165, 1.54) is 0 Å². The number of fused-ring (bicyclic) bond motifs is 1. The summed E-state index contributed by atoms with van der Waals surface area (Å²) in [6, 6.07) is 7.52. The normalized spacial score (nSPS) is 15.8. The number of hydrogen-bond donors (Lipinski definition) is 2. The Labute approximate surface area is 104 Å². The SMILES string of the molecule is O=C1CN(C(=O)c2cccc3cc[nH]c23)CCN1. The molecule has 0 aliphatic carbocycles. The van der Waals surface area contributed by atoms with E-state index in [0.29, 0.717) is 18.7 Å². The molecule has 18 heavy (non-hydrogen) atoms. The van der Waals surface area contributed by atoms with Gasteiger partial charge in [0.15, 0.2) is 0 Å². The number of nitrogens with zero attached hydrogens (tertiary/aromatic N) is 1. The lowest BCUT2D eigenvalue weighted by Crippen LogP contribution is -2.50. The molecule has 1 saturated heterocycles. The molecule has 2 heterocycles. The van der Waals surface area contributed by atoms with Gasteiger partial charge < -0.3 is 15.2 Å². The highest BCUT2D eigenvalue weighted by molar-refractivity contribution is 6.06. The van der Waals surface area contributed by atoms with Crippen molar-refractivity contribution in [2.45, 2.75) is 0 Å². The maximum Gasteiger partial charge on any atom is 0.256 e. The van der Waals surface area contributed by atoms with Gasteiger partial charge in [0.1, 0.15) is 0 Å². The third-order valence-electron chi connectivity index (χ3n) is 3.14. The maximum atomic E-state index is 12.4. The molecule has 3 rings (SSSR count). The highest BCUT2D eigenvalue weighted by Gasteiger charge is 2.23. The molecule has 0 bridgehead atoms. The minimum atomic E-state index is -0.103. The van der Waals surface area contributed by atoms with Crippen LogP contribution in [0.4, 0.5) is 0 Å². The second kappa shape index (κ2) is 4.18. The molecule has 2 aromatic rings. The molecule has 1 fully saturated rings. The molecule has 5 heteroatoms. The molecule has 0 spiro atoms. The summed E-state index contributed by atoms with van der Waals surface area (Å²) in [5.74, 6) is -0.203. The number of hydrogen-bond acceptors (Lipinski definition) is 2. The van der Waals surface area contributed by atoms with Crippen LogP contribution in [-0.4, -0.2) is 41.3 Å². The molecule has 0 radical (unpaired) electrons. The maximum absolute atomic E-state index is 12.4. The van der Waals surface area contributed by atoms with Crippen LogP contribution >= 0.6 is 0 Å². The number of aromatic nitrogens is 1. The van der Waals surface area contributed by atoms with E-state index in [0.717, 1.165) is 10.9 Å². The van der Waals surface area contributed by atoms with Crippen molar-refractivity contribution in [1.29, 1.82) is 0 Å². The number of rotatable bonds is 1. The van der Waals surface area contributed by atoms with E-state index < -0.39 is 0 Å². The van der Waals surface area contributed by atoms with Crippen LogP contribution in [0.3, 0.4) is 0 Å². The van der Waals surface area contributed by atoms with Gasteiger partial charge in [0.2, 0.25) is 5.91 Å². The molecule has 1 aromatic carbocycles. The number of aromatic amines is 1. The molecule has 92 valence electrons. The van der Waals surface area contributed by atoms with Crippen LogP contribution in [-0.2, 0) is 4.79 Å². The summed E-state index contributed by atoms with van der Waals surface area (Å²) in [5, 5.41) is 3.71. The Morgan fingerprint density at radius 3 is 3.00 bits per heavy atom. The van der Waals surface area contributed by atoms with Crippen LogP contribution in [0.15, 0.2) is 30.5 Å². The number of piperazine rings is 1. The summed E-state index contributed by atoms with van der Waals surface area (Å²) in [6.07, 6.45) is 1.81. The Bertz CT molecular complexity index is 617. The largest absolute Gasteiger partial charge is 0.361 e. The Kier molecular flexibility index (Phi) is 2.51. The second-order valence-electron chi connectivity index (χ2n) is 4.32. The molecule has 0 saturated carbocycles. The molecule has 1 aliphatic rings. The number of nitrogens with one attached hydrogen (secondary N) is 2. The van der Waals surface area contributed by atoms with Gasteiger partial charge >= 0.3 is 0 Å². The van der Waals surface area contributed by atoms with Crippen LogP contribution in [0.25, 0.3) is 10.9 Å². The van der Waals surface area contributed by atoms with Crippen molar-refractivity contribution in [3.8, 4) is 0 Å². The van der Waals surface area contributed by atoms with E-state index in [9.17, 15) is 9.59 Å². The first kappa shape index (κ1) is 10.8. The summed E-state index contributed by atoms with van der Waals surface area (Å²) in [7, 11) is 0. The molecule has 0 unspecified atom stereocenters. The number of para-hydroxylation sites is 1. The summed E-state index contributed by atoms with van der Waals surface area (Å²) in [6.45, 7) is 1.21. The number of carbonyl (C=O) groups excluding carboxylic acids is 2. The Hall–Kier alpha value is -2.30. The average molecular weight is 243 g/mol. The van der Waals surface area contributed by atoms with Gasteiger partial charge in [0.05, 0.1) is 17.6 Å². The van der Waals surface area contributed by atoms with Crippen molar-refractivity contribution < 1.29 is 9.59 Å². The minimum Gasteiger partial charge on any atom is -0.361 e. The van der Waals surface area contributed by atoms with Crippen molar-refractivity contribution >= 4 is 22.7 Å². The summed E-state index contributed by atoms with van der Waals surface area (Å²) in [5.41, 5.74) is 1.45. The van der Waals surface area contributed by atoms with E-state index in [-0.39, 0.29) is 18.4 Å². The molecule has 2 N–H and O–H groups in total. The first-order valence-corrected chi connectivity index (χ1v) is 5.88. The number of H-pyrrole nitrogens is 1. The third-order valence-corrected chi connectivity index (χ3v) is 3.14. The summed E-state index contributed by atoms with van der Waals surface area (Å²) < 4.78 is 0. The van der Waals surface area contributed by atoms with Crippen LogP contribution in [0, 0.1) is 0 Å². The summed E-state index contributed by atoms with van der Waals surface area (Å²) in [4.78, 5) is 28.3. The third kappa shape index (κ3) is 1.73. The lowest BCUT2D eigenvalue weighted by Gasteiger charge is -2.26. The molecule has 5 nitrogen and oxygen atoms in total. The molecular formula is C13H13N3O2. The Balaban J connectivity index is 1.96. The van der Waals surface area contributed by atoms with Gasteiger partial charge in [-0.3, -0.25) is 9.59 Å². The van der Waals surface area contributed by atoms with Gasteiger partial charge in [-0.15, -0.1) is 0 Å². The zero-order chi connectivity index (χ0) is 12.5. The standard InChI is InChI=1S/C13H13N3O2/c17-11-8-16(7-6-14-11)13(18)10-3-1-2-9-4-5-15-12(9)10/h1-5,15H,6-8H2,(H,14,17).